The molecular formula is C13H21N3O3. The molecule has 0 unspecified atom stereocenters. The Bertz CT molecular complexity index is 438. The molecule has 2 rings (SSSR count). The van der Waals surface area contributed by atoms with Crippen molar-refractivity contribution in [3.8, 4) is 0 Å². The van der Waals surface area contributed by atoms with Crippen molar-refractivity contribution < 1.29 is 14.6 Å². The van der Waals surface area contributed by atoms with Gasteiger partial charge in [0.2, 0.25) is 0 Å². The van der Waals surface area contributed by atoms with Gasteiger partial charge in [-0.05, 0) is 13.3 Å². The number of rotatable bonds is 7. The Morgan fingerprint density at radius 3 is 2.95 bits per heavy atom. The molecule has 6 heteroatoms. The maximum absolute atomic E-state index is 10.5. The van der Waals surface area contributed by atoms with Crippen LogP contribution in [0.2, 0.25) is 0 Å². The molecule has 1 N–H and O–H groups in total. The first-order valence-corrected chi connectivity index (χ1v) is 6.59. The number of aromatic nitrogens is 2. The number of carboxylic acids is 1. The molecule has 0 bridgehead atoms. The van der Waals surface area contributed by atoms with Gasteiger partial charge in [0.25, 0.3) is 0 Å². The van der Waals surface area contributed by atoms with Gasteiger partial charge in [0, 0.05) is 32.4 Å². The third-order valence-electron chi connectivity index (χ3n) is 3.31. The minimum absolute atomic E-state index is 0.224. The fraction of sp³-hybridized carbons (Fsp3) is 0.692. The Balaban J connectivity index is 1.80. The second-order valence-electron chi connectivity index (χ2n) is 5.36. The number of aryl methyl sites for hydroxylation is 1. The molecule has 0 amide bonds. The highest BCUT2D eigenvalue weighted by Gasteiger charge is 2.40. The summed E-state index contributed by atoms with van der Waals surface area (Å²) in [5.41, 5.74) is 0.871. The molecule has 0 aromatic carbocycles. The van der Waals surface area contributed by atoms with E-state index in [1.54, 1.807) is 0 Å². The van der Waals surface area contributed by atoms with E-state index in [-0.39, 0.29) is 12.2 Å². The highest BCUT2D eigenvalue weighted by atomic mass is 16.5. The van der Waals surface area contributed by atoms with Gasteiger partial charge in [-0.3, -0.25) is 4.90 Å². The van der Waals surface area contributed by atoms with Crippen molar-refractivity contribution in [1.82, 2.24) is 14.5 Å². The van der Waals surface area contributed by atoms with Crippen LogP contribution in [0, 0.1) is 0 Å². The minimum atomic E-state index is -0.916. The van der Waals surface area contributed by atoms with E-state index in [2.05, 4.69) is 21.4 Å². The molecule has 0 atom stereocenters. The van der Waals surface area contributed by atoms with Crippen molar-refractivity contribution in [3.63, 3.8) is 0 Å². The predicted molar refractivity (Wildman–Crippen MR) is 69.8 cm³/mol. The summed E-state index contributed by atoms with van der Waals surface area (Å²) in [5, 5.41) is 8.61. The molecule has 1 aliphatic heterocycles. The zero-order chi connectivity index (χ0) is 13.9. The number of aliphatic carboxylic acids is 1. The fourth-order valence-electron chi connectivity index (χ4n) is 2.49. The minimum Gasteiger partial charge on any atom is -0.480 e. The standard InChI is InChI=1S/C13H21N3O3/c1-3-4-16-10-14-5-11(16)6-15-8-13(2,9-15)19-7-12(17)18/h5,10H,3-4,6-9H2,1-2H3,(H,17,18). The molecule has 1 fully saturated rings. The predicted octanol–water partition coefficient (Wildman–Crippen LogP) is 0.969. The quantitative estimate of drug-likeness (QED) is 0.797. The van der Waals surface area contributed by atoms with Gasteiger partial charge >= 0.3 is 5.97 Å². The van der Waals surface area contributed by atoms with Gasteiger partial charge < -0.3 is 14.4 Å². The summed E-state index contributed by atoms with van der Waals surface area (Å²) in [4.78, 5) is 16.9. The molecule has 106 valence electrons. The second kappa shape index (κ2) is 5.71. The number of ether oxygens (including phenoxy) is 1. The SMILES string of the molecule is CCCn1cncc1CN1CC(C)(OCC(=O)O)C1. The third kappa shape index (κ3) is 3.54. The molecule has 6 nitrogen and oxygen atoms in total. The summed E-state index contributed by atoms with van der Waals surface area (Å²) in [7, 11) is 0. The zero-order valence-corrected chi connectivity index (χ0v) is 11.5. The van der Waals surface area contributed by atoms with Crippen LogP contribution in [0.3, 0.4) is 0 Å². The van der Waals surface area contributed by atoms with E-state index in [0.717, 1.165) is 32.6 Å². The Morgan fingerprint density at radius 1 is 1.58 bits per heavy atom. The molecule has 1 saturated heterocycles. The van der Waals surface area contributed by atoms with Crippen LogP contribution in [-0.2, 0) is 22.6 Å². The number of hydrogen-bond donors (Lipinski definition) is 1. The van der Waals surface area contributed by atoms with Crippen molar-refractivity contribution in [2.45, 2.75) is 39.0 Å². The van der Waals surface area contributed by atoms with Crippen molar-refractivity contribution in [2.24, 2.45) is 0 Å². The highest BCUT2D eigenvalue weighted by molar-refractivity contribution is 5.68. The molecule has 1 aromatic heterocycles. The lowest BCUT2D eigenvalue weighted by Gasteiger charge is -2.47. The van der Waals surface area contributed by atoms with Crippen LogP contribution in [0.15, 0.2) is 12.5 Å². The number of carbonyl (C=O) groups is 1. The van der Waals surface area contributed by atoms with Gasteiger partial charge in [-0.2, -0.15) is 0 Å². The van der Waals surface area contributed by atoms with Crippen LogP contribution < -0.4 is 0 Å². The Morgan fingerprint density at radius 2 is 2.32 bits per heavy atom. The van der Waals surface area contributed by atoms with E-state index in [4.69, 9.17) is 9.84 Å². The molecule has 1 aromatic rings. The van der Waals surface area contributed by atoms with Gasteiger partial charge in [0.1, 0.15) is 6.61 Å². The van der Waals surface area contributed by atoms with Gasteiger partial charge in [0.15, 0.2) is 0 Å². The molecule has 19 heavy (non-hydrogen) atoms. The van der Waals surface area contributed by atoms with Crippen LogP contribution in [-0.4, -0.2) is 50.8 Å². The molecule has 2 heterocycles. The van der Waals surface area contributed by atoms with Crippen molar-refractivity contribution >= 4 is 5.97 Å². The smallest absolute Gasteiger partial charge is 0.329 e. The zero-order valence-electron chi connectivity index (χ0n) is 11.5. The molecule has 0 radical (unpaired) electrons. The Kier molecular flexibility index (Phi) is 4.21. The van der Waals surface area contributed by atoms with Gasteiger partial charge in [0.05, 0.1) is 17.6 Å². The highest BCUT2D eigenvalue weighted by Crippen LogP contribution is 2.26. The van der Waals surface area contributed by atoms with Gasteiger partial charge in [-0.1, -0.05) is 6.92 Å². The van der Waals surface area contributed by atoms with Crippen LogP contribution in [0.1, 0.15) is 26.0 Å². The number of imidazole rings is 1. The normalized spacial score (nSPS) is 18.2. The largest absolute Gasteiger partial charge is 0.480 e. The number of likely N-dealkylation sites (tertiary alicyclic amines) is 1. The summed E-state index contributed by atoms with van der Waals surface area (Å²) in [6.45, 7) is 7.22. The van der Waals surface area contributed by atoms with E-state index in [1.807, 2.05) is 19.4 Å². The maximum Gasteiger partial charge on any atom is 0.329 e. The first-order valence-electron chi connectivity index (χ1n) is 6.59. The molecule has 1 aliphatic rings. The number of carboxylic acid groups (broad SMARTS) is 1. The average Bonchev–Trinajstić information content (AvgIpc) is 2.73. The summed E-state index contributed by atoms with van der Waals surface area (Å²) in [6, 6.07) is 0. The van der Waals surface area contributed by atoms with E-state index in [1.165, 1.54) is 5.69 Å². The Labute approximate surface area is 113 Å². The topological polar surface area (TPSA) is 67.6 Å². The summed E-state index contributed by atoms with van der Waals surface area (Å²) in [5.74, 6) is -0.916. The monoisotopic (exact) mass is 267 g/mol. The number of nitrogens with zero attached hydrogens (tertiary/aromatic N) is 3. The summed E-state index contributed by atoms with van der Waals surface area (Å²) >= 11 is 0. The molecular weight excluding hydrogens is 246 g/mol. The van der Waals surface area contributed by atoms with E-state index in [0.29, 0.717) is 0 Å². The van der Waals surface area contributed by atoms with E-state index >= 15 is 0 Å². The van der Waals surface area contributed by atoms with Crippen molar-refractivity contribution in [2.75, 3.05) is 19.7 Å². The maximum atomic E-state index is 10.5. The number of hydrogen-bond acceptors (Lipinski definition) is 4. The van der Waals surface area contributed by atoms with Crippen LogP contribution in [0.4, 0.5) is 0 Å². The Hall–Kier alpha value is -1.40. The average molecular weight is 267 g/mol. The molecule has 0 saturated carbocycles. The lowest BCUT2D eigenvalue weighted by atomic mass is 9.96. The van der Waals surface area contributed by atoms with Crippen LogP contribution >= 0.6 is 0 Å². The first kappa shape index (κ1) is 14.0. The summed E-state index contributed by atoms with van der Waals surface area (Å²) in [6.07, 6.45) is 4.84. The van der Waals surface area contributed by atoms with Crippen molar-refractivity contribution in [1.29, 1.82) is 0 Å². The van der Waals surface area contributed by atoms with Crippen molar-refractivity contribution in [3.05, 3.63) is 18.2 Å². The molecule has 0 spiro atoms. The van der Waals surface area contributed by atoms with Crippen LogP contribution in [0.5, 0.6) is 0 Å². The lowest BCUT2D eigenvalue weighted by molar-refractivity contribution is -0.166. The third-order valence-corrected chi connectivity index (χ3v) is 3.31. The second-order valence-corrected chi connectivity index (χ2v) is 5.36. The van der Waals surface area contributed by atoms with Gasteiger partial charge in [-0.25, -0.2) is 9.78 Å². The van der Waals surface area contributed by atoms with Gasteiger partial charge in [-0.15, -0.1) is 0 Å². The van der Waals surface area contributed by atoms with Crippen LogP contribution in [0.25, 0.3) is 0 Å². The summed E-state index contributed by atoms with van der Waals surface area (Å²) < 4.78 is 7.55. The lowest BCUT2D eigenvalue weighted by Crippen LogP contribution is -2.61. The molecule has 0 aliphatic carbocycles. The van der Waals surface area contributed by atoms with E-state index < -0.39 is 5.97 Å². The first-order chi connectivity index (χ1) is 9.02. The fourth-order valence-corrected chi connectivity index (χ4v) is 2.49. The van der Waals surface area contributed by atoms with E-state index in [9.17, 15) is 4.79 Å².